The highest BCUT2D eigenvalue weighted by atomic mass is 15.2. The van der Waals surface area contributed by atoms with Gasteiger partial charge in [0.1, 0.15) is 0 Å². The monoisotopic (exact) mass is 269 g/mol. The van der Waals surface area contributed by atoms with Crippen molar-refractivity contribution in [2.45, 2.75) is 50.1 Å². The predicted molar refractivity (Wildman–Crippen MR) is 80.3 cm³/mol. The Labute approximate surface area is 121 Å². The second-order valence-corrected chi connectivity index (χ2v) is 6.45. The standard InChI is InChI=1S/C17H23N3/c1-13-4-2-3-5-16(13)17(12-18)8-6-15(7-9-17)20-10-14(19)11-20/h2-5,14-15H,6-11,19H2,1H3. The first-order chi connectivity index (χ1) is 9.64. The average Bonchev–Trinajstić information content (AvgIpc) is 2.45. The Morgan fingerprint density at radius 2 is 1.90 bits per heavy atom. The maximum Gasteiger partial charge on any atom is 0.0826 e. The van der Waals surface area contributed by atoms with Crippen LogP contribution in [0.3, 0.4) is 0 Å². The topological polar surface area (TPSA) is 53.0 Å². The summed E-state index contributed by atoms with van der Waals surface area (Å²) in [6.07, 6.45) is 4.19. The Kier molecular flexibility index (Phi) is 3.54. The number of rotatable bonds is 2. The Morgan fingerprint density at radius 1 is 1.25 bits per heavy atom. The molecule has 2 N–H and O–H groups in total. The number of aryl methyl sites for hydroxylation is 1. The molecule has 2 fully saturated rings. The second kappa shape index (κ2) is 5.20. The third-order valence-electron chi connectivity index (χ3n) is 5.14. The molecule has 0 bridgehead atoms. The van der Waals surface area contributed by atoms with E-state index >= 15 is 0 Å². The molecule has 0 spiro atoms. The molecule has 0 atom stereocenters. The van der Waals surface area contributed by atoms with Gasteiger partial charge in [0, 0.05) is 25.2 Å². The van der Waals surface area contributed by atoms with Crippen LogP contribution >= 0.6 is 0 Å². The molecule has 2 aliphatic rings. The van der Waals surface area contributed by atoms with Crippen LogP contribution in [0.1, 0.15) is 36.8 Å². The smallest absolute Gasteiger partial charge is 0.0826 e. The molecular weight excluding hydrogens is 246 g/mol. The summed E-state index contributed by atoms with van der Waals surface area (Å²) < 4.78 is 0. The molecule has 1 aromatic carbocycles. The fourth-order valence-corrected chi connectivity index (χ4v) is 3.86. The summed E-state index contributed by atoms with van der Waals surface area (Å²) in [7, 11) is 0. The number of likely N-dealkylation sites (tertiary alicyclic amines) is 1. The van der Waals surface area contributed by atoms with Crippen molar-refractivity contribution in [2.75, 3.05) is 13.1 Å². The van der Waals surface area contributed by atoms with Crippen LogP contribution in [0.2, 0.25) is 0 Å². The van der Waals surface area contributed by atoms with Crippen LogP contribution in [0.15, 0.2) is 24.3 Å². The first-order valence-electron chi connectivity index (χ1n) is 7.62. The van der Waals surface area contributed by atoms with Crippen molar-refractivity contribution in [2.24, 2.45) is 5.73 Å². The van der Waals surface area contributed by atoms with Gasteiger partial charge in [0.05, 0.1) is 11.5 Å². The zero-order valence-corrected chi connectivity index (χ0v) is 12.2. The summed E-state index contributed by atoms with van der Waals surface area (Å²) in [5.74, 6) is 0. The number of hydrogen-bond acceptors (Lipinski definition) is 3. The SMILES string of the molecule is Cc1ccccc1C1(C#N)CCC(N2CC(N)C2)CC1. The van der Waals surface area contributed by atoms with Crippen molar-refractivity contribution in [3.63, 3.8) is 0 Å². The van der Waals surface area contributed by atoms with Gasteiger partial charge in [0.2, 0.25) is 0 Å². The van der Waals surface area contributed by atoms with Crippen LogP contribution in [-0.2, 0) is 5.41 Å². The summed E-state index contributed by atoms with van der Waals surface area (Å²) in [5, 5.41) is 9.77. The van der Waals surface area contributed by atoms with Gasteiger partial charge in [0.25, 0.3) is 0 Å². The molecule has 1 saturated carbocycles. The van der Waals surface area contributed by atoms with Crippen LogP contribution in [0.25, 0.3) is 0 Å². The Hall–Kier alpha value is -1.37. The lowest BCUT2D eigenvalue weighted by molar-refractivity contribution is 0.0616. The minimum Gasteiger partial charge on any atom is -0.325 e. The number of benzene rings is 1. The lowest BCUT2D eigenvalue weighted by Crippen LogP contribution is -2.60. The van der Waals surface area contributed by atoms with E-state index in [1.165, 1.54) is 11.1 Å². The van der Waals surface area contributed by atoms with E-state index in [0.29, 0.717) is 12.1 Å². The second-order valence-electron chi connectivity index (χ2n) is 6.45. The highest BCUT2D eigenvalue weighted by molar-refractivity contribution is 5.39. The molecule has 1 aromatic rings. The van der Waals surface area contributed by atoms with Crippen molar-refractivity contribution in [3.05, 3.63) is 35.4 Å². The van der Waals surface area contributed by atoms with Crippen molar-refractivity contribution in [1.29, 1.82) is 5.26 Å². The molecule has 1 saturated heterocycles. The highest BCUT2D eigenvalue weighted by Crippen LogP contribution is 2.42. The fraction of sp³-hybridized carbons (Fsp3) is 0.588. The molecular formula is C17H23N3. The van der Waals surface area contributed by atoms with Gasteiger partial charge in [-0.25, -0.2) is 0 Å². The average molecular weight is 269 g/mol. The number of nitriles is 1. The van der Waals surface area contributed by atoms with E-state index in [2.05, 4.69) is 42.2 Å². The van der Waals surface area contributed by atoms with Crippen molar-refractivity contribution in [3.8, 4) is 6.07 Å². The molecule has 1 aliphatic heterocycles. The Balaban J connectivity index is 1.74. The first kappa shape index (κ1) is 13.6. The van der Waals surface area contributed by atoms with E-state index in [4.69, 9.17) is 5.73 Å². The van der Waals surface area contributed by atoms with Gasteiger partial charge in [-0.05, 0) is 43.7 Å². The maximum atomic E-state index is 9.77. The van der Waals surface area contributed by atoms with Gasteiger partial charge in [0.15, 0.2) is 0 Å². The van der Waals surface area contributed by atoms with Crippen LogP contribution in [0.4, 0.5) is 0 Å². The summed E-state index contributed by atoms with van der Waals surface area (Å²) in [5.41, 5.74) is 8.09. The first-order valence-corrected chi connectivity index (χ1v) is 7.62. The molecule has 3 nitrogen and oxygen atoms in total. The molecule has 106 valence electrons. The minimum atomic E-state index is -0.269. The quantitative estimate of drug-likeness (QED) is 0.896. The van der Waals surface area contributed by atoms with Crippen molar-refractivity contribution >= 4 is 0 Å². The zero-order chi connectivity index (χ0) is 14.2. The van der Waals surface area contributed by atoms with E-state index < -0.39 is 0 Å². The van der Waals surface area contributed by atoms with Crippen LogP contribution in [0.5, 0.6) is 0 Å². The minimum absolute atomic E-state index is 0.269. The Morgan fingerprint density at radius 3 is 2.45 bits per heavy atom. The van der Waals surface area contributed by atoms with Gasteiger partial charge in [-0.3, -0.25) is 4.90 Å². The van der Waals surface area contributed by atoms with Crippen molar-refractivity contribution < 1.29 is 0 Å². The van der Waals surface area contributed by atoms with E-state index in [0.717, 1.165) is 38.8 Å². The summed E-state index contributed by atoms with van der Waals surface area (Å²) >= 11 is 0. The fourth-order valence-electron chi connectivity index (χ4n) is 3.86. The van der Waals surface area contributed by atoms with E-state index in [1.807, 2.05) is 0 Å². The molecule has 20 heavy (non-hydrogen) atoms. The maximum absolute atomic E-state index is 9.77. The molecule has 3 rings (SSSR count). The lowest BCUT2D eigenvalue weighted by atomic mass is 9.67. The van der Waals surface area contributed by atoms with Crippen LogP contribution in [-0.4, -0.2) is 30.1 Å². The van der Waals surface area contributed by atoms with E-state index in [-0.39, 0.29) is 5.41 Å². The molecule has 3 heteroatoms. The van der Waals surface area contributed by atoms with Gasteiger partial charge in [-0.1, -0.05) is 24.3 Å². The molecule has 0 aromatic heterocycles. The molecule has 0 unspecified atom stereocenters. The molecule has 0 radical (unpaired) electrons. The third-order valence-corrected chi connectivity index (χ3v) is 5.14. The van der Waals surface area contributed by atoms with Crippen molar-refractivity contribution in [1.82, 2.24) is 4.90 Å². The third kappa shape index (κ3) is 2.24. The van der Waals surface area contributed by atoms with Gasteiger partial charge in [-0.2, -0.15) is 5.26 Å². The lowest BCUT2D eigenvalue weighted by Gasteiger charge is -2.47. The van der Waals surface area contributed by atoms with Gasteiger partial charge >= 0.3 is 0 Å². The van der Waals surface area contributed by atoms with E-state index in [9.17, 15) is 5.26 Å². The van der Waals surface area contributed by atoms with Crippen LogP contribution in [0, 0.1) is 18.3 Å². The normalized spacial score (nSPS) is 31.6. The zero-order valence-electron chi connectivity index (χ0n) is 12.2. The number of nitrogens with zero attached hydrogens (tertiary/aromatic N) is 2. The summed E-state index contributed by atoms with van der Waals surface area (Å²) in [6.45, 7) is 4.19. The van der Waals surface area contributed by atoms with Gasteiger partial charge < -0.3 is 5.73 Å². The number of hydrogen-bond donors (Lipinski definition) is 1. The summed E-state index contributed by atoms with van der Waals surface area (Å²) in [4.78, 5) is 2.49. The Bertz CT molecular complexity index is 517. The van der Waals surface area contributed by atoms with E-state index in [1.54, 1.807) is 0 Å². The molecule has 0 amide bonds. The number of nitrogens with two attached hydrogens (primary N) is 1. The van der Waals surface area contributed by atoms with Gasteiger partial charge in [-0.15, -0.1) is 0 Å². The highest BCUT2D eigenvalue weighted by Gasteiger charge is 2.41. The largest absolute Gasteiger partial charge is 0.325 e. The van der Waals surface area contributed by atoms with Crippen LogP contribution < -0.4 is 5.73 Å². The molecule has 1 heterocycles. The predicted octanol–water partition coefficient (Wildman–Crippen LogP) is 2.34. The molecule has 1 aliphatic carbocycles. The summed E-state index contributed by atoms with van der Waals surface area (Å²) in [6, 6.07) is 12.0.